The minimum absolute atomic E-state index is 0.327. The van der Waals surface area contributed by atoms with Crippen molar-refractivity contribution in [3.05, 3.63) is 66.4 Å². The average Bonchev–Trinajstić information content (AvgIpc) is 3.12. The molecule has 0 spiro atoms. The lowest BCUT2D eigenvalue weighted by molar-refractivity contribution is 0.229. The van der Waals surface area contributed by atoms with Gasteiger partial charge in [0.1, 0.15) is 0 Å². The molecule has 0 bridgehead atoms. The van der Waals surface area contributed by atoms with Crippen LogP contribution >= 0.6 is 0 Å². The van der Waals surface area contributed by atoms with Gasteiger partial charge in [0.15, 0.2) is 11.6 Å². The Morgan fingerprint density at radius 1 is 1.13 bits per heavy atom. The summed E-state index contributed by atoms with van der Waals surface area (Å²) in [4.78, 5) is 15.3. The van der Waals surface area contributed by atoms with E-state index < -0.39 is 0 Å². The number of rotatable bonds is 6. The quantitative estimate of drug-likeness (QED) is 0.694. The molecule has 5 nitrogen and oxygen atoms in total. The largest absolute Gasteiger partial charge is 0.461 e. The van der Waals surface area contributed by atoms with Crippen molar-refractivity contribution >= 4 is 0 Å². The van der Waals surface area contributed by atoms with Crippen LogP contribution in [0.5, 0.6) is 0 Å². The number of hydrogen-bond donors (Lipinski definition) is 0. The molecule has 0 aromatic carbocycles. The van der Waals surface area contributed by atoms with Gasteiger partial charge >= 0.3 is 0 Å². The molecule has 3 aromatic heterocycles. The molecule has 23 heavy (non-hydrogen) atoms. The standard InChI is InChI=1S/C18H20N4O/c1-3-16(15-6-4-8-19-12-15)22(2)13-14-10-20-18(21-11-14)17-7-5-9-23-17/h4-12,16H,3,13H2,1-2H3/t16-/m0/s1. The molecule has 0 saturated heterocycles. The molecule has 3 rings (SSSR count). The molecule has 0 aliphatic carbocycles. The zero-order chi connectivity index (χ0) is 16.1. The van der Waals surface area contributed by atoms with Crippen LogP contribution in [0.15, 0.2) is 59.7 Å². The van der Waals surface area contributed by atoms with Gasteiger partial charge in [0, 0.05) is 42.9 Å². The molecule has 0 fully saturated rings. The molecular formula is C18H20N4O. The minimum atomic E-state index is 0.327. The Labute approximate surface area is 136 Å². The first-order chi connectivity index (χ1) is 11.3. The van der Waals surface area contributed by atoms with E-state index in [-0.39, 0.29) is 0 Å². The minimum Gasteiger partial charge on any atom is -0.461 e. The van der Waals surface area contributed by atoms with Crippen LogP contribution in [0.25, 0.3) is 11.6 Å². The molecule has 0 amide bonds. The monoisotopic (exact) mass is 308 g/mol. The van der Waals surface area contributed by atoms with Crippen LogP contribution in [-0.4, -0.2) is 26.9 Å². The van der Waals surface area contributed by atoms with Crippen LogP contribution in [0.3, 0.4) is 0 Å². The first kappa shape index (κ1) is 15.4. The summed E-state index contributed by atoms with van der Waals surface area (Å²) in [6.07, 6.45) is 10.1. The van der Waals surface area contributed by atoms with Crippen molar-refractivity contribution in [1.29, 1.82) is 0 Å². The van der Waals surface area contributed by atoms with E-state index in [2.05, 4.69) is 39.9 Å². The van der Waals surface area contributed by atoms with Crippen molar-refractivity contribution in [3.8, 4) is 11.6 Å². The highest BCUT2D eigenvalue weighted by Crippen LogP contribution is 2.23. The van der Waals surface area contributed by atoms with Gasteiger partial charge in [-0.05, 0) is 37.2 Å². The van der Waals surface area contributed by atoms with Crippen LogP contribution in [0.2, 0.25) is 0 Å². The van der Waals surface area contributed by atoms with Gasteiger partial charge in [-0.2, -0.15) is 0 Å². The van der Waals surface area contributed by atoms with E-state index in [1.165, 1.54) is 5.56 Å². The van der Waals surface area contributed by atoms with Crippen molar-refractivity contribution in [2.24, 2.45) is 0 Å². The predicted molar refractivity (Wildman–Crippen MR) is 88.5 cm³/mol. The Bertz CT molecular complexity index is 711. The lowest BCUT2D eigenvalue weighted by Crippen LogP contribution is -2.24. The van der Waals surface area contributed by atoms with Gasteiger partial charge in [-0.25, -0.2) is 9.97 Å². The summed E-state index contributed by atoms with van der Waals surface area (Å²) < 4.78 is 5.31. The summed E-state index contributed by atoms with van der Waals surface area (Å²) in [6.45, 7) is 2.97. The maximum absolute atomic E-state index is 5.31. The van der Waals surface area contributed by atoms with Crippen molar-refractivity contribution in [2.45, 2.75) is 25.9 Å². The van der Waals surface area contributed by atoms with Crippen LogP contribution in [0, 0.1) is 0 Å². The average molecular weight is 308 g/mol. The van der Waals surface area contributed by atoms with Crippen LogP contribution in [0.1, 0.15) is 30.5 Å². The van der Waals surface area contributed by atoms with Crippen molar-refractivity contribution in [1.82, 2.24) is 19.9 Å². The highest BCUT2D eigenvalue weighted by molar-refractivity contribution is 5.45. The van der Waals surface area contributed by atoms with Crippen LogP contribution in [-0.2, 0) is 6.54 Å². The van der Waals surface area contributed by atoms with E-state index in [0.29, 0.717) is 17.6 Å². The fourth-order valence-electron chi connectivity index (χ4n) is 2.74. The van der Waals surface area contributed by atoms with Gasteiger partial charge in [-0.15, -0.1) is 0 Å². The molecule has 5 heteroatoms. The summed E-state index contributed by atoms with van der Waals surface area (Å²) in [7, 11) is 2.11. The third-order valence-corrected chi connectivity index (χ3v) is 3.87. The van der Waals surface area contributed by atoms with E-state index in [1.54, 1.807) is 12.5 Å². The Hall–Kier alpha value is -2.53. The molecule has 3 heterocycles. The van der Waals surface area contributed by atoms with Gasteiger partial charge in [0.25, 0.3) is 0 Å². The lowest BCUT2D eigenvalue weighted by atomic mass is 10.1. The number of hydrogen-bond acceptors (Lipinski definition) is 5. The van der Waals surface area contributed by atoms with Crippen molar-refractivity contribution in [2.75, 3.05) is 7.05 Å². The first-order valence-electron chi connectivity index (χ1n) is 7.73. The zero-order valence-electron chi connectivity index (χ0n) is 13.4. The fraction of sp³-hybridized carbons (Fsp3) is 0.278. The van der Waals surface area contributed by atoms with Gasteiger partial charge in [-0.1, -0.05) is 13.0 Å². The van der Waals surface area contributed by atoms with Gasteiger partial charge in [-0.3, -0.25) is 9.88 Å². The van der Waals surface area contributed by atoms with Gasteiger partial charge < -0.3 is 4.42 Å². The number of furan rings is 1. The third kappa shape index (κ3) is 3.63. The van der Waals surface area contributed by atoms with Crippen LogP contribution < -0.4 is 0 Å². The first-order valence-corrected chi connectivity index (χ1v) is 7.73. The molecule has 0 aliphatic rings. The van der Waals surface area contributed by atoms with E-state index in [1.807, 2.05) is 36.8 Å². The molecule has 0 saturated carbocycles. The van der Waals surface area contributed by atoms with Crippen LogP contribution in [0.4, 0.5) is 0 Å². The predicted octanol–water partition coefficient (Wildman–Crippen LogP) is 3.71. The summed E-state index contributed by atoms with van der Waals surface area (Å²) in [5.41, 5.74) is 2.30. The highest BCUT2D eigenvalue weighted by Gasteiger charge is 2.16. The van der Waals surface area contributed by atoms with E-state index >= 15 is 0 Å². The van der Waals surface area contributed by atoms with Gasteiger partial charge in [0.05, 0.1) is 6.26 Å². The second-order valence-electron chi connectivity index (χ2n) is 5.52. The van der Waals surface area contributed by atoms with Crippen molar-refractivity contribution in [3.63, 3.8) is 0 Å². The van der Waals surface area contributed by atoms with E-state index in [4.69, 9.17) is 4.42 Å². The topological polar surface area (TPSA) is 55.1 Å². The Morgan fingerprint density at radius 3 is 2.57 bits per heavy atom. The summed E-state index contributed by atoms with van der Waals surface area (Å²) in [6, 6.07) is 8.12. The maximum atomic E-state index is 5.31. The number of nitrogens with zero attached hydrogens (tertiary/aromatic N) is 4. The molecule has 1 atom stereocenters. The number of pyridine rings is 1. The Kier molecular flexibility index (Phi) is 4.78. The SMILES string of the molecule is CC[C@@H](c1cccnc1)N(C)Cc1cnc(-c2ccco2)nc1. The Morgan fingerprint density at radius 2 is 1.96 bits per heavy atom. The zero-order valence-corrected chi connectivity index (χ0v) is 13.4. The molecule has 0 radical (unpaired) electrons. The van der Waals surface area contributed by atoms with E-state index in [9.17, 15) is 0 Å². The second-order valence-corrected chi connectivity index (χ2v) is 5.52. The molecule has 118 valence electrons. The highest BCUT2D eigenvalue weighted by atomic mass is 16.3. The molecular weight excluding hydrogens is 288 g/mol. The molecule has 0 aliphatic heterocycles. The summed E-state index contributed by atoms with van der Waals surface area (Å²) in [5.74, 6) is 1.30. The maximum Gasteiger partial charge on any atom is 0.195 e. The lowest BCUT2D eigenvalue weighted by Gasteiger charge is -2.27. The normalized spacial score (nSPS) is 12.5. The van der Waals surface area contributed by atoms with Crippen molar-refractivity contribution < 1.29 is 4.42 Å². The molecule has 0 unspecified atom stereocenters. The smallest absolute Gasteiger partial charge is 0.195 e. The summed E-state index contributed by atoms with van der Waals surface area (Å²) in [5, 5.41) is 0. The Balaban J connectivity index is 1.70. The fourth-order valence-corrected chi connectivity index (χ4v) is 2.74. The van der Waals surface area contributed by atoms with E-state index in [0.717, 1.165) is 18.5 Å². The summed E-state index contributed by atoms with van der Waals surface area (Å²) >= 11 is 0. The number of aromatic nitrogens is 3. The second kappa shape index (κ2) is 7.15. The third-order valence-electron chi connectivity index (χ3n) is 3.87. The molecule has 3 aromatic rings. The van der Waals surface area contributed by atoms with Gasteiger partial charge in [0.2, 0.25) is 0 Å². The molecule has 0 N–H and O–H groups in total.